The first-order valence-corrected chi connectivity index (χ1v) is 31.2. The number of aldehydes is 2. The fraction of sp³-hybridized carbons (Fsp3) is 0.581. The summed E-state index contributed by atoms with van der Waals surface area (Å²) in [5, 5.41) is 25.4. The van der Waals surface area contributed by atoms with Crippen LogP contribution in [0.15, 0.2) is 113 Å². The molecular weight excluding hydrogens is 1140 g/mol. The second kappa shape index (κ2) is 31.8. The van der Waals surface area contributed by atoms with E-state index >= 15 is 0 Å². The highest BCUT2D eigenvalue weighted by atomic mass is 32.2. The zero-order chi connectivity index (χ0) is 63.6. The van der Waals surface area contributed by atoms with E-state index in [4.69, 9.17) is 42.1 Å². The number of esters is 1. The van der Waals surface area contributed by atoms with Crippen molar-refractivity contribution in [2.75, 3.05) is 52.9 Å². The molecule has 5 heterocycles. The molecule has 5 aliphatic rings. The highest BCUT2D eigenvalue weighted by Crippen LogP contribution is 2.30. The second-order valence-corrected chi connectivity index (χ2v) is 27.5. The molecule has 7 rings (SSSR count). The van der Waals surface area contributed by atoms with Gasteiger partial charge in [0.15, 0.2) is 0 Å². The number of carbonyl (C=O) groups is 4. The number of ether oxygens (including phenoxy) is 5. The van der Waals surface area contributed by atoms with Crippen molar-refractivity contribution < 1.29 is 78.3 Å². The van der Waals surface area contributed by atoms with Gasteiger partial charge >= 0.3 is 11.9 Å². The minimum absolute atomic E-state index is 0.00814. The number of aliphatic hydroxyl groups is 1. The van der Waals surface area contributed by atoms with E-state index in [1.165, 1.54) is 19.1 Å². The third-order valence-electron chi connectivity index (χ3n) is 13.9. The van der Waals surface area contributed by atoms with Gasteiger partial charge in [-0.1, -0.05) is 35.4 Å². The van der Waals surface area contributed by atoms with Crippen LogP contribution in [0.3, 0.4) is 0 Å². The second-order valence-electron chi connectivity index (χ2n) is 24.3. The summed E-state index contributed by atoms with van der Waals surface area (Å²) in [5.74, 6) is -0.195. The SMILES string of the molecule is C/C(CO)=C(\CCC1NC(C)(C)CO1)C1=NC(C)(C)CO1.C/C(COS(=O)(=O)c1ccc(C)cc1)=C(\CCC1NC(C)(C)CO1)C1=NC(C)(C)CO1.C/C(COS(=O)(=O)c1ccc(C)cc1)=C(\CCC=O)C(=O)O.CC1=C(CCC=O)C(=O)OC1. The first-order chi connectivity index (χ1) is 39.6. The van der Waals surface area contributed by atoms with Gasteiger partial charge in [-0.15, -0.1) is 0 Å². The van der Waals surface area contributed by atoms with E-state index in [0.717, 1.165) is 71.1 Å². The zero-order valence-electron chi connectivity index (χ0n) is 52.0. The van der Waals surface area contributed by atoms with Crippen LogP contribution in [0.25, 0.3) is 0 Å². The van der Waals surface area contributed by atoms with Crippen LogP contribution >= 0.6 is 0 Å². The molecule has 0 spiro atoms. The predicted molar refractivity (Wildman–Crippen MR) is 323 cm³/mol. The molecule has 472 valence electrons. The van der Waals surface area contributed by atoms with E-state index in [0.29, 0.717) is 69.3 Å². The Morgan fingerprint density at radius 2 is 1.06 bits per heavy atom. The van der Waals surface area contributed by atoms with Crippen molar-refractivity contribution in [3.63, 3.8) is 0 Å². The number of carboxylic acids is 1. The maximum atomic E-state index is 12.6. The maximum absolute atomic E-state index is 12.6. The summed E-state index contributed by atoms with van der Waals surface area (Å²) in [7, 11) is -7.80. The number of carbonyl (C=O) groups excluding carboxylic acids is 3. The monoisotopic (exact) mass is 1230 g/mol. The first kappa shape index (κ1) is 71.7. The molecule has 85 heavy (non-hydrogen) atoms. The van der Waals surface area contributed by atoms with E-state index in [2.05, 4.69) is 57.2 Å². The predicted octanol–water partition coefficient (Wildman–Crippen LogP) is 8.66. The molecule has 0 aliphatic carbocycles. The van der Waals surface area contributed by atoms with Gasteiger partial charge < -0.3 is 43.5 Å². The number of aliphatic carboxylic acids is 1. The van der Waals surface area contributed by atoms with Crippen LogP contribution in [0.1, 0.15) is 146 Å². The Morgan fingerprint density at radius 3 is 1.40 bits per heavy atom. The summed E-state index contributed by atoms with van der Waals surface area (Å²) < 4.78 is 87.4. The molecule has 4 N–H and O–H groups in total. The van der Waals surface area contributed by atoms with Crippen molar-refractivity contribution in [3.8, 4) is 0 Å². The van der Waals surface area contributed by atoms with Gasteiger partial charge in [-0.3, -0.25) is 19.0 Å². The standard InChI is InChI=1S/C23H34N2O5S.C16H28N2O3.C15H18O6S.C8H10O3/c1-16-7-9-18(10-8-16)31(26,27)30-13-17(2)19(21-25-23(5,6)15-29-21)11-12-20-24-22(3,4)14-28-20;1-11(8-19)12(14-18-16(4,5)10-21-14)6-7-13-17-15(2,3)9-20-13;1-11-5-7-13(8-6-11)22(19,20)21-10-12(2)14(15(17)18)4-3-9-16;1-6-5-11-8(10)7(6)3-2-4-9/h7-10,20,24H,11-15H2,1-6H3;13,17,19H,6-10H2,1-5H3;5-9H,3-4,10H2,1-2H3,(H,17,18);4H,2-3,5H2,1H3/b19-17-;12-11-;14-12-;. The Balaban J connectivity index is 0.000000256. The molecule has 0 aromatic heterocycles. The molecular formula is C62H90N4O17S2. The molecule has 2 unspecified atom stereocenters. The lowest BCUT2D eigenvalue weighted by molar-refractivity contribution is -0.136. The molecule has 2 fully saturated rings. The highest BCUT2D eigenvalue weighted by Gasteiger charge is 2.35. The summed E-state index contributed by atoms with van der Waals surface area (Å²) in [6, 6.07) is 12.8. The van der Waals surface area contributed by atoms with E-state index in [9.17, 15) is 41.1 Å². The van der Waals surface area contributed by atoms with E-state index in [-0.39, 0.29) is 94.2 Å². The average Bonchev–Trinajstić information content (AvgIpc) is 4.07. The van der Waals surface area contributed by atoms with Crippen molar-refractivity contribution in [2.24, 2.45) is 9.98 Å². The normalized spacial score (nSPS) is 20.9. The van der Waals surface area contributed by atoms with Crippen molar-refractivity contribution in [2.45, 2.75) is 193 Å². The minimum Gasteiger partial charge on any atom is -0.478 e. The van der Waals surface area contributed by atoms with Gasteiger partial charge in [0.25, 0.3) is 20.2 Å². The Bertz CT molecular complexity index is 3080. The third-order valence-corrected chi connectivity index (χ3v) is 16.4. The van der Waals surface area contributed by atoms with Gasteiger partial charge in [-0.05, 0) is 182 Å². The van der Waals surface area contributed by atoms with Crippen molar-refractivity contribution in [1.82, 2.24) is 10.6 Å². The Hall–Kier alpha value is -5.76. The largest absolute Gasteiger partial charge is 0.478 e. The summed E-state index contributed by atoms with van der Waals surface area (Å²) in [6.07, 6.45) is 5.44. The van der Waals surface area contributed by atoms with Crippen molar-refractivity contribution in [3.05, 3.63) is 104 Å². The molecule has 23 heteroatoms. The number of aliphatic imine (C=N–C) groups is 2. The average molecular weight is 1230 g/mol. The molecule has 21 nitrogen and oxygen atoms in total. The third kappa shape index (κ3) is 23.5. The van der Waals surface area contributed by atoms with Gasteiger partial charge in [0.2, 0.25) is 11.8 Å². The van der Waals surface area contributed by atoms with Crippen LogP contribution in [0.5, 0.6) is 0 Å². The Kier molecular flexibility index (Phi) is 26.8. The van der Waals surface area contributed by atoms with E-state index in [1.807, 2.05) is 48.5 Å². The molecule has 2 aromatic carbocycles. The summed E-state index contributed by atoms with van der Waals surface area (Å²) in [6.45, 7) is 29.9. The molecule has 2 saturated heterocycles. The number of aliphatic hydroxyl groups excluding tert-OH is 1. The lowest BCUT2D eigenvalue weighted by Gasteiger charge is -2.18. The Morgan fingerprint density at radius 1 is 0.635 bits per heavy atom. The summed E-state index contributed by atoms with van der Waals surface area (Å²) in [5.41, 5.74) is 6.87. The fourth-order valence-electron chi connectivity index (χ4n) is 8.90. The number of benzene rings is 2. The smallest absolute Gasteiger partial charge is 0.334 e. The van der Waals surface area contributed by atoms with Crippen LogP contribution in [0.2, 0.25) is 0 Å². The van der Waals surface area contributed by atoms with Crippen molar-refractivity contribution >= 4 is 56.5 Å². The summed E-state index contributed by atoms with van der Waals surface area (Å²) in [4.78, 5) is 51.8. The number of hydrogen-bond acceptors (Lipinski definition) is 20. The van der Waals surface area contributed by atoms with Crippen LogP contribution in [-0.4, -0.2) is 151 Å². The molecule has 0 amide bonds. The number of rotatable bonds is 24. The molecule has 0 bridgehead atoms. The van der Waals surface area contributed by atoms with Gasteiger partial charge in [-0.2, -0.15) is 16.8 Å². The number of hydrogen-bond donors (Lipinski definition) is 4. The first-order valence-electron chi connectivity index (χ1n) is 28.4. The molecule has 5 aliphatic heterocycles. The number of aryl methyl sites for hydroxylation is 2. The van der Waals surface area contributed by atoms with Gasteiger partial charge in [0.1, 0.15) is 44.8 Å². The Labute approximate surface area is 503 Å². The molecule has 0 radical (unpaired) electrons. The maximum Gasteiger partial charge on any atom is 0.334 e. The van der Waals surface area contributed by atoms with Crippen LogP contribution < -0.4 is 10.6 Å². The minimum atomic E-state index is -3.95. The van der Waals surface area contributed by atoms with Crippen LogP contribution in [-0.2, 0) is 71.5 Å². The number of cyclic esters (lactones) is 1. The molecule has 2 aromatic rings. The van der Waals surface area contributed by atoms with E-state index < -0.39 is 26.2 Å². The molecule has 0 saturated carbocycles. The zero-order valence-corrected chi connectivity index (χ0v) is 53.6. The van der Waals surface area contributed by atoms with Crippen molar-refractivity contribution in [1.29, 1.82) is 0 Å². The topological polar surface area (TPSA) is 290 Å². The van der Waals surface area contributed by atoms with Gasteiger partial charge in [-0.25, -0.2) is 19.6 Å². The number of nitrogens with one attached hydrogen (secondary N) is 2. The quantitative estimate of drug-likeness (QED) is 0.0331. The number of carboxylic acid groups (broad SMARTS) is 1. The highest BCUT2D eigenvalue weighted by molar-refractivity contribution is 7.87. The van der Waals surface area contributed by atoms with Crippen LogP contribution in [0.4, 0.5) is 0 Å². The summed E-state index contributed by atoms with van der Waals surface area (Å²) >= 11 is 0. The van der Waals surface area contributed by atoms with Gasteiger partial charge in [0.05, 0.1) is 53.9 Å². The molecule has 2 atom stereocenters. The number of nitrogens with zero attached hydrogens (tertiary/aromatic N) is 2. The van der Waals surface area contributed by atoms with E-state index in [1.54, 1.807) is 36.4 Å². The van der Waals surface area contributed by atoms with Crippen LogP contribution in [0, 0.1) is 13.8 Å². The fourth-order valence-corrected chi connectivity index (χ4v) is 10.8. The van der Waals surface area contributed by atoms with Gasteiger partial charge in [0, 0.05) is 46.2 Å². The lowest BCUT2D eigenvalue weighted by Crippen LogP contribution is -2.39. The lowest BCUT2D eigenvalue weighted by atomic mass is 10.0.